The third kappa shape index (κ3) is 1.98. The van der Waals surface area contributed by atoms with E-state index < -0.39 is 0 Å². The highest BCUT2D eigenvalue weighted by Gasteiger charge is 2.21. The van der Waals surface area contributed by atoms with E-state index in [1.165, 1.54) is 17.7 Å². The van der Waals surface area contributed by atoms with Gasteiger partial charge < -0.3 is 9.80 Å². The van der Waals surface area contributed by atoms with Crippen molar-refractivity contribution in [3.63, 3.8) is 0 Å². The van der Waals surface area contributed by atoms with E-state index in [0.717, 1.165) is 44.5 Å². The third-order valence-electron chi connectivity index (χ3n) is 4.07. The zero-order chi connectivity index (χ0) is 12.5. The molecular formula is C15H20N2O. The molecule has 0 radical (unpaired) electrons. The molecule has 0 spiro atoms. The van der Waals surface area contributed by atoms with Crippen LogP contribution in [0.15, 0.2) is 18.2 Å². The first kappa shape index (κ1) is 11.6. The van der Waals surface area contributed by atoms with Crippen LogP contribution in [0.2, 0.25) is 0 Å². The van der Waals surface area contributed by atoms with Crippen molar-refractivity contribution in [1.29, 1.82) is 0 Å². The summed E-state index contributed by atoms with van der Waals surface area (Å²) in [6, 6.07) is 6.20. The number of hydrogen-bond donors (Lipinski definition) is 0. The number of anilines is 1. The van der Waals surface area contributed by atoms with Crippen molar-refractivity contribution in [3.05, 3.63) is 29.3 Å². The van der Waals surface area contributed by atoms with Gasteiger partial charge in [-0.3, -0.25) is 4.79 Å². The van der Waals surface area contributed by atoms with Gasteiger partial charge in [0.2, 0.25) is 0 Å². The first-order chi connectivity index (χ1) is 8.75. The average molecular weight is 244 g/mol. The molecule has 1 aromatic carbocycles. The van der Waals surface area contributed by atoms with Gasteiger partial charge in [-0.25, -0.2) is 0 Å². The number of carbonyl (C=O) groups excluding carboxylic acids is 1. The van der Waals surface area contributed by atoms with E-state index in [4.69, 9.17) is 0 Å². The van der Waals surface area contributed by atoms with Crippen LogP contribution in [0.5, 0.6) is 0 Å². The second kappa shape index (κ2) is 4.63. The molecule has 0 bridgehead atoms. The minimum atomic E-state index is 0.212. The van der Waals surface area contributed by atoms with E-state index >= 15 is 0 Å². The van der Waals surface area contributed by atoms with E-state index in [1.54, 1.807) is 0 Å². The Bertz CT molecular complexity index is 464. The Balaban J connectivity index is 1.87. The van der Waals surface area contributed by atoms with Crippen LogP contribution in [0.25, 0.3) is 0 Å². The van der Waals surface area contributed by atoms with Crippen molar-refractivity contribution in [3.8, 4) is 0 Å². The van der Waals surface area contributed by atoms with Crippen LogP contribution in [0.3, 0.4) is 0 Å². The number of carbonyl (C=O) groups is 1. The monoisotopic (exact) mass is 244 g/mol. The quantitative estimate of drug-likeness (QED) is 0.757. The molecule has 2 aliphatic heterocycles. The van der Waals surface area contributed by atoms with Gasteiger partial charge in [0.1, 0.15) is 0 Å². The van der Waals surface area contributed by atoms with E-state index in [9.17, 15) is 4.79 Å². The predicted molar refractivity (Wildman–Crippen MR) is 73.2 cm³/mol. The van der Waals surface area contributed by atoms with E-state index in [-0.39, 0.29) is 5.91 Å². The van der Waals surface area contributed by atoms with Crippen LogP contribution in [-0.4, -0.2) is 37.5 Å². The SMILES string of the molecule is CN1CCCc2cc(C(=O)N3CCCC3)ccc21. The summed E-state index contributed by atoms with van der Waals surface area (Å²) in [4.78, 5) is 16.6. The molecule has 1 amide bonds. The van der Waals surface area contributed by atoms with Gasteiger partial charge in [0.05, 0.1) is 0 Å². The van der Waals surface area contributed by atoms with E-state index in [1.807, 2.05) is 11.0 Å². The molecule has 0 N–H and O–H groups in total. The molecule has 0 aromatic heterocycles. The zero-order valence-electron chi connectivity index (χ0n) is 11.0. The number of amides is 1. The summed E-state index contributed by atoms with van der Waals surface area (Å²) in [5, 5.41) is 0. The molecule has 1 aromatic rings. The van der Waals surface area contributed by atoms with Crippen LogP contribution >= 0.6 is 0 Å². The summed E-state index contributed by atoms with van der Waals surface area (Å²) in [6.45, 7) is 2.97. The molecule has 3 nitrogen and oxygen atoms in total. The minimum absolute atomic E-state index is 0.212. The number of hydrogen-bond acceptors (Lipinski definition) is 2. The number of nitrogens with zero attached hydrogens (tertiary/aromatic N) is 2. The van der Waals surface area contributed by atoms with Gasteiger partial charge in [-0.1, -0.05) is 0 Å². The molecule has 96 valence electrons. The van der Waals surface area contributed by atoms with Crippen LogP contribution < -0.4 is 4.90 Å². The lowest BCUT2D eigenvalue weighted by Crippen LogP contribution is -2.29. The second-order valence-corrected chi connectivity index (χ2v) is 5.37. The molecular weight excluding hydrogens is 224 g/mol. The maximum Gasteiger partial charge on any atom is 0.253 e. The van der Waals surface area contributed by atoms with Crippen LogP contribution in [0.4, 0.5) is 5.69 Å². The summed E-state index contributed by atoms with van der Waals surface area (Å²) < 4.78 is 0. The molecule has 0 atom stereocenters. The summed E-state index contributed by atoms with van der Waals surface area (Å²) in [7, 11) is 2.12. The van der Waals surface area contributed by atoms with Crippen LogP contribution in [0.1, 0.15) is 35.2 Å². The molecule has 2 heterocycles. The molecule has 0 unspecified atom stereocenters. The Morgan fingerprint density at radius 1 is 1.11 bits per heavy atom. The van der Waals surface area contributed by atoms with Gasteiger partial charge >= 0.3 is 0 Å². The Hall–Kier alpha value is -1.51. The largest absolute Gasteiger partial charge is 0.374 e. The van der Waals surface area contributed by atoms with Crippen molar-refractivity contribution in [2.24, 2.45) is 0 Å². The molecule has 1 fully saturated rings. The van der Waals surface area contributed by atoms with Gasteiger partial charge in [0.25, 0.3) is 5.91 Å². The second-order valence-electron chi connectivity index (χ2n) is 5.37. The number of likely N-dealkylation sites (tertiary alicyclic amines) is 1. The highest BCUT2D eigenvalue weighted by molar-refractivity contribution is 5.95. The van der Waals surface area contributed by atoms with E-state index in [0.29, 0.717) is 0 Å². The number of aryl methyl sites for hydroxylation is 1. The van der Waals surface area contributed by atoms with Gasteiger partial charge in [-0.15, -0.1) is 0 Å². The van der Waals surface area contributed by atoms with Crippen molar-refractivity contribution in [2.75, 3.05) is 31.6 Å². The Morgan fingerprint density at radius 2 is 1.89 bits per heavy atom. The van der Waals surface area contributed by atoms with E-state index in [2.05, 4.69) is 24.1 Å². The molecule has 3 rings (SSSR count). The number of fused-ring (bicyclic) bond motifs is 1. The Labute approximate surface area is 108 Å². The smallest absolute Gasteiger partial charge is 0.253 e. The molecule has 0 saturated carbocycles. The fraction of sp³-hybridized carbons (Fsp3) is 0.533. The standard InChI is InChI=1S/C15H20N2O/c1-16-8-4-5-12-11-13(6-7-14(12)16)15(18)17-9-2-3-10-17/h6-7,11H,2-5,8-10H2,1H3. The fourth-order valence-electron chi connectivity index (χ4n) is 3.02. The number of benzene rings is 1. The molecule has 18 heavy (non-hydrogen) atoms. The van der Waals surface area contributed by atoms with Crippen LogP contribution in [0, 0.1) is 0 Å². The van der Waals surface area contributed by atoms with Crippen molar-refractivity contribution in [1.82, 2.24) is 4.90 Å². The Kier molecular flexibility index (Phi) is 2.98. The topological polar surface area (TPSA) is 23.6 Å². The summed E-state index contributed by atoms with van der Waals surface area (Å²) >= 11 is 0. The molecule has 2 aliphatic rings. The average Bonchev–Trinajstić information content (AvgIpc) is 2.91. The van der Waals surface area contributed by atoms with Gasteiger partial charge in [0, 0.05) is 37.9 Å². The zero-order valence-corrected chi connectivity index (χ0v) is 11.0. The van der Waals surface area contributed by atoms with Gasteiger partial charge in [0.15, 0.2) is 0 Å². The highest BCUT2D eigenvalue weighted by Crippen LogP contribution is 2.27. The maximum atomic E-state index is 12.3. The lowest BCUT2D eigenvalue weighted by atomic mass is 9.99. The summed E-state index contributed by atoms with van der Waals surface area (Å²) in [5.41, 5.74) is 3.49. The molecule has 0 aliphatic carbocycles. The predicted octanol–water partition coefficient (Wildman–Crippen LogP) is 2.31. The van der Waals surface area contributed by atoms with Crippen LogP contribution in [-0.2, 0) is 6.42 Å². The highest BCUT2D eigenvalue weighted by atomic mass is 16.2. The minimum Gasteiger partial charge on any atom is -0.374 e. The Morgan fingerprint density at radius 3 is 2.67 bits per heavy atom. The summed E-state index contributed by atoms with van der Waals surface area (Å²) in [5.74, 6) is 0.212. The van der Waals surface area contributed by atoms with Crippen molar-refractivity contribution < 1.29 is 4.79 Å². The first-order valence-corrected chi connectivity index (χ1v) is 6.89. The van der Waals surface area contributed by atoms with Gasteiger partial charge in [-0.2, -0.15) is 0 Å². The van der Waals surface area contributed by atoms with Crippen molar-refractivity contribution >= 4 is 11.6 Å². The summed E-state index contributed by atoms with van der Waals surface area (Å²) in [6.07, 6.45) is 4.59. The molecule has 1 saturated heterocycles. The normalized spacial score (nSPS) is 18.9. The number of rotatable bonds is 1. The lowest BCUT2D eigenvalue weighted by molar-refractivity contribution is 0.0792. The first-order valence-electron chi connectivity index (χ1n) is 6.89. The fourth-order valence-corrected chi connectivity index (χ4v) is 3.02. The third-order valence-corrected chi connectivity index (χ3v) is 4.07. The molecule has 3 heteroatoms. The maximum absolute atomic E-state index is 12.3. The lowest BCUT2D eigenvalue weighted by Gasteiger charge is -2.28. The van der Waals surface area contributed by atoms with Crippen molar-refractivity contribution in [2.45, 2.75) is 25.7 Å². The van der Waals surface area contributed by atoms with Gasteiger partial charge in [-0.05, 0) is 49.4 Å².